The van der Waals surface area contributed by atoms with Crippen LogP contribution in [0.25, 0.3) is 0 Å². The number of benzene rings is 2. The van der Waals surface area contributed by atoms with Crippen molar-refractivity contribution >= 4 is 22.7 Å². The molecule has 0 saturated carbocycles. The Morgan fingerprint density at radius 3 is 1.89 bits per heavy atom. The van der Waals surface area contributed by atoms with Gasteiger partial charge in [-0.2, -0.15) is 0 Å². The first-order valence-corrected chi connectivity index (χ1v) is 5.14. The van der Waals surface area contributed by atoms with Crippen LogP contribution in [0.5, 0.6) is 0 Å². The third-order valence-corrected chi connectivity index (χ3v) is 2.34. The van der Waals surface area contributed by atoms with Gasteiger partial charge >= 0.3 is 0 Å². The smallest absolute Gasteiger partial charge is 0.269 e. The van der Waals surface area contributed by atoms with Crippen LogP contribution in [0.1, 0.15) is 0 Å². The summed E-state index contributed by atoms with van der Waals surface area (Å²) in [6, 6.07) is 12.7. The topological polar surface area (TPSA) is 84.6 Å². The van der Waals surface area contributed by atoms with Crippen molar-refractivity contribution in [3.63, 3.8) is 0 Å². The van der Waals surface area contributed by atoms with E-state index in [1.165, 1.54) is 12.1 Å². The molecule has 2 aromatic rings. The van der Waals surface area contributed by atoms with Crippen molar-refractivity contribution < 1.29 is 4.92 Å². The Labute approximate surface area is 102 Å². The lowest BCUT2D eigenvalue weighted by molar-refractivity contribution is -0.384. The second-order valence-electron chi connectivity index (χ2n) is 3.57. The van der Waals surface area contributed by atoms with Crippen LogP contribution in [-0.4, -0.2) is 4.92 Å². The van der Waals surface area contributed by atoms with Crippen LogP contribution in [0.4, 0.5) is 22.7 Å². The minimum atomic E-state index is -0.450. The molecule has 1 N–H and O–H groups in total. The highest BCUT2D eigenvalue weighted by molar-refractivity contribution is 5.62. The highest BCUT2D eigenvalue weighted by Gasteiger charge is 2.03. The maximum absolute atomic E-state index is 10.5. The lowest BCUT2D eigenvalue weighted by atomic mass is 10.2. The first-order valence-electron chi connectivity index (χ1n) is 5.14. The molecule has 6 nitrogen and oxygen atoms in total. The van der Waals surface area contributed by atoms with Gasteiger partial charge in [-0.15, -0.1) is 4.91 Å². The molecule has 0 aliphatic heterocycles. The van der Waals surface area contributed by atoms with Crippen molar-refractivity contribution in [3.05, 3.63) is 63.6 Å². The van der Waals surface area contributed by atoms with E-state index in [9.17, 15) is 15.0 Å². The molecule has 2 aromatic carbocycles. The summed E-state index contributed by atoms with van der Waals surface area (Å²) in [5, 5.41) is 16.3. The lowest BCUT2D eigenvalue weighted by Gasteiger charge is -2.05. The quantitative estimate of drug-likeness (QED) is 0.503. The van der Waals surface area contributed by atoms with Crippen LogP contribution >= 0.6 is 0 Å². The van der Waals surface area contributed by atoms with Gasteiger partial charge in [0, 0.05) is 23.5 Å². The Balaban J connectivity index is 2.12. The molecule has 0 atom stereocenters. The van der Waals surface area contributed by atoms with Gasteiger partial charge in [-0.1, -0.05) is 0 Å². The number of rotatable bonds is 4. The average Bonchev–Trinajstić information content (AvgIpc) is 2.40. The SMILES string of the molecule is O=Nc1ccc(Nc2ccc([N+](=O)[O-])cc2)cc1. The molecule has 0 radical (unpaired) electrons. The van der Waals surface area contributed by atoms with Gasteiger partial charge in [0.2, 0.25) is 0 Å². The van der Waals surface area contributed by atoms with Gasteiger partial charge in [-0.05, 0) is 41.6 Å². The van der Waals surface area contributed by atoms with Gasteiger partial charge in [-0.3, -0.25) is 10.1 Å². The Morgan fingerprint density at radius 2 is 1.44 bits per heavy atom. The zero-order valence-corrected chi connectivity index (χ0v) is 9.24. The monoisotopic (exact) mass is 243 g/mol. The summed E-state index contributed by atoms with van der Waals surface area (Å²) in [6.45, 7) is 0. The summed E-state index contributed by atoms with van der Waals surface area (Å²) in [5.41, 5.74) is 1.90. The molecule has 0 fully saturated rings. The number of anilines is 2. The number of nitro groups is 1. The van der Waals surface area contributed by atoms with Crippen LogP contribution in [0.15, 0.2) is 53.7 Å². The molecule has 0 aromatic heterocycles. The molecule has 0 bridgehead atoms. The molecule has 90 valence electrons. The van der Waals surface area contributed by atoms with Gasteiger partial charge in [0.25, 0.3) is 5.69 Å². The summed E-state index contributed by atoms with van der Waals surface area (Å²) < 4.78 is 0. The summed E-state index contributed by atoms with van der Waals surface area (Å²) in [7, 11) is 0. The normalized spacial score (nSPS) is 9.78. The molecule has 0 saturated heterocycles. The maximum atomic E-state index is 10.5. The highest BCUT2D eigenvalue weighted by Crippen LogP contribution is 2.22. The molecule has 0 spiro atoms. The number of non-ortho nitro benzene ring substituents is 1. The molecule has 0 heterocycles. The van der Waals surface area contributed by atoms with Crippen LogP contribution in [0.3, 0.4) is 0 Å². The molecule has 2 rings (SSSR count). The standard InChI is InChI=1S/C12H9N3O3/c16-14-11-3-1-9(2-4-11)13-10-5-7-12(8-6-10)15(17)18/h1-8,13H. The minimum absolute atomic E-state index is 0.0426. The van der Waals surface area contributed by atoms with Crippen molar-refractivity contribution in [1.29, 1.82) is 0 Å². The van der Waals surface area contributed by atoms with E-state index in [2.05, 4.69) is 10.5 Å². The Bertz CT molecular complexity index is 564. The maximum Gasteiger partial charge on any atom is 0.269 e. The predicted molar refractivity (Wildman–Crippen MR) is 68.3 cm³/mol. The van der Waals surface area contributed by atoms with Crippen molar-refractivity contribution in [2.24, 2.45) is 5.18 Å². The van der Waals surface area contributed by atoms with Crippen LogP contribution in [-0.2, 0) is 0 Å². The number of hydrogen-bond donors (Lipinski definition) is 1. The van der Waals surface area contributed by atoms with E-state index in [4.69, 9.17) is 0 Å². The number of nitrogens with zero attached hydrogens (tertiary/aromatic N) is 2. The third kappa shape index (κ3) is 2.67. The summed E-state index contributed by atoms with van der Waals surface area (Å²) in [5.74, 6) is 0. The first-order chi connectivity index (χ1) is 8.69. The van der Waals surface area contributed by atoms with E-state index in [1.807, 2.05) is 0 Å². The lowest BCUT2D eigenvalue weighted by Crippen LogP contribution is -1.91. The van der Waals surface area contributed by atoms with Gasteiger partial charge in [-0.25, -0.2) is 0 Å². The molecule has 6 heteroatoms. The summed E-state index contributed by atoms with van der Waals surface area (Å²) >= 11 is 0. The molecule has 0 unspecified atom stereocenters. The molecular formula is C12H9N3O3. The van der Waals surface area contributed by atoms with E-state index in [0.29, 0.717) is 5.69 Å². The van der Waals surface area contributed by atoms with Gasteiger partial charge in [0.15, 0.2) is 0 Å². The van der Waals surface area contributed by atoms with Crippen LogP contribution < -0.4 is 5.32 Å². The largest absolute Gasteiger partial charge is 0.356 e. The fourth-order valence-corrected chi connectivity index (χ4v) is 1.44. The minimum Gasteiger partial charge on any atom is -0.356 e. The zero-order chi connectivity index (χ0) is 13.0. The molecule has 18 heavy (non-hydrogen) atoms. The Kier molecular flexibility index (Phi) is 3.29. The van der Waals surface area contributed by atoms with E-state index < -0.39 is 4.92 Å². The molecule has 0 aliphatic carbocycles. The fraction of sp³-hybridized carbons (Fsp3) is 0. The van der Waals surface area contributed by atoms with Gasteiger partial charge in [0.05, 0.1) is 4.92 Å². The van der Waals surface area contributed by atoms with Gasteiger partial charge in [0.1, 0.15) is 5.69 Å². The number of nitro benzene ring substituents is 1. The fourth-order valence-electron chi connectivity index (χ4n) is 1.44. The number of nitroso groups, excluding NO2 is 1. The second-order valence-corrected chi connectivity index (χ2v) is 3.57. The molecular weight excluding hydrogens is 234 g/mol. The van der Waals surface area contributed by atoms with Crippen molar-refractivity contribution in [2.45, 2.75) is 0 Å². The van der Waals surface area contributed by atoms with Crippen LogP contribution in [0, 0.1) is 15.0 Å². The summed E-state index contributed by atoms with van der Waals surface area (Å²) in [6.07, 6.45) is 0. The van der Waals surface area contributed by atoms with Crippen molar-refractivity contribution in [3.8, 4) is 0 Å². The third-order valence-electron chi connectivity index (χ3n) is 2.34. The average molecular weight is 243 g/mol. The van der Waals surface area contributed by atoms with E-state index in [1.54, 1.807) is 36.4 Å². The van der Waals surface area contributed by atoms with E-state index in [0.717, 1.165) is 11.4 Å². The van der Waals surface area contributed by atoms with Crippen molar-refractivity contribution in [1.82, 2.24) is 0 Å². The van der Waals surface area contributed by atoms with E-state index in [-0.39, 0.29) is 5.69 Å². The zero-order valence-electron chi connectivity index (χ0n) is 9.24. The van der Waals surface area contributed by atoms with Crippen molar-refractivity contribution in [2.75, 3.05) is 5.32 Å². The second kappa shape index (κ2) is 5.05. The number of hydrogen-bond acceptors (Lipinski definition) is 5. The molecule has 0 amide bonds. The number of nitrogens with one attached hydrogen (secondary N) is 1. The van der Waals surface area contributed by atoms with E-state index >= 15 is 0 Å². The Morgan fingerprint density at radius 1 is 0.944 bits per heavy atom. The van der Waals surface area contributed by atoms with Crippen LogP contribution in [0.2, 0.25) is 0 Å². The summed E-state index contributed by atoms with van der Waals surface area (Å²) in [4.78, 5) is 20.3. The first kappa shape index (κ1) is 11.7. The predicted octanol–water partition coefficient (Wildman–Crippen LogP) is 3.74. The highest BCUT2D eigenvalue weighted by atomic mass is 16.6. The van der Waals surface area contributed by atoms with Gasteiger partial charge < -0.3 is 5.32 Å². The molecule has 0 aliphatic rings. The Hall–Kier alpha value is -2.76.